The van der Waals surface area contributed by atoms with E-state index in [0.717, 1.165) is 17.0 Å². The number of aryl methyl sites for hydroxylation is 1. The van der Waals surface area contributed by atoms with Crippen molar-refractivity contribution in [3.05, 3.63) is 41.4 Å². The summed E-state index contributed by atoms with van der Waals surface area (Å²) < 4.78 is 5.58. The highest BCUT2D eigenvalue weighted by atomic mass is 16.5. The smallest absolute Gasteiger partial charge is 0.274 e. The highest BCUT2D eigenvalue weighted by molar-refractivity contribution is 5.92. The van der Waals surface area contributed by atoms with Crippen molar-refractivity contribution >= 4 is 5.91 Å². The minimum absolute atomic E-state index is 0.101. The maximum absolute atomic E-state index is 12.6. The number of amides is 1. The molecule has 7 nitrogen and oxygen atoms in total. The van der Waals surface area contributed by atoms with Gasteiger partial charge in [0.05, 0.1) is 24.2 Å². The number of fused-ring (bicyclic) bond motifs is 1. The summed E-state index contributed by atoms with van der Waals surface area (Å²) >= 11 is 0. The van der Waals surface area contributed by atoms with Crippen molar-refractivity contribution in [2.45, 2.75) is 26.7 Å². The fraction of sp³-hybridized carbons (Fsp3) is 0.438. The lowest BCUT2D eigenvalue weighted by molar-refractivity contribution is 0.0756. The van der Waals surface area contributed by atoms with Gasteiger partial charge in [0, 0.05) is 31.3 Å². The summed E-state index contributed by atoms with van der Waals surface area (Å²) in [5.41, 5.74) is 3.12. The largest absolute Gasteiger partial charge is 0.478 e. The molecule has 0 unspecified atom stereocenters. The predicted octanol–water partition coefficient (Wildman–Crippen LogP) is 1.21. The molecule has 0 aromatic carbocycles. The van der Waals surface area contributed by atoms with Crippen molar-refractivity contribution in [3.8, 4) is 5.88 Å². The van der Waals surface area contributed by atoms with Crippen LogP contribution < -0.4 is 4.74 Å². The Hall–Kier alpha value is -2.57. The van der Waals surface area contributed by atoms with Crippen LogP contribution in [0.15, 0.2) is 18.7 Å². The minimum atomic E-state index is -0.101. The Morgan fingerprint density at radius 3 is 2.74 bits per heavy atom. The van der Waals surface area contributed by atoms with Crippen LogP contribution in [0.25, 0.3) is 0 Å². The molecule has 0 N–H and O–H groups in total. The van der Waals surface area contributed by atoms with Crippen LogP contribution in [0.4, 0.5) is 0 Å². The van der Waals surface area contributed by atoms with Crippen molar-refractivity contribution in [3.63, 3.8) is 0 Å². The second-order valence-corrected chi connectivity index (χ2v) is 5.37. The van der Waals surface area contributed by atoms with Gasteiger partial charge in [-0.25, -0.2) is 15.0 Å². The third-order valence-corrected chi connectivity index (χ3v) is 3.81. The SMILES string of the molecule is CCOc1ncnc2c1CCN(C(=O)c1cnc(C)cn1)CC2. The number of aromatic nitrogens is 4. The van der Waals surface area contributed by atoms with E-state index in [4.69, 9.17) is 4.74 Å². The average Bonchev–Trinajstić information content (AvgIpc) is 2.79. The summed E-state index contributed by atoms with van der Waals surface area (Å²) in [7, 11) is 0. The van der Waals surface area contributed by atoms with E-state index in [9.17, 15) is 4.79 Å². The van der Waals surface area contributed by atoms with Gasteiger partial charge in [-0.05, 0) is 20.3 Å². The highest BCUT2D eigenvalue weighted by Gasteiger charge is 2.23. The Kier molecular flexibility index (Phi) is 4.45. The van der Waals surface area contributed by atoms with Crippen LogP contribution in [0.1, 0.15) is 34.4 Å². The van der Waals surface area contributed by atoms with Gasteiger partial charge in [0.2, 0.25) is 5.88 Å². The Bertz CT molecular complexity index is 702. The van der Waals surface area contributed by atoms with Gasteiger partial charge in [0.25, 0.3) is 5.91 Å². The molecule has 0 spiro atoms. The molecule has 0 aliphatic carbocycles. The number of carbonyl (C=O) groups excluding carboxylic acids is 1. The number of hydrogen-bond acceptors (Lipinski definition) is 6. The quantitative estimate of drug-likeness (QED) is 0.847. The maximum Gasteiger partial charge on any atom is 0.274 e. The summed E-state index contributed by atoms with van der Waals surface area (Å²) in [4.78, 5) is 31.2. The lowest BCUT2D eigenvalue weighted by Gasteiger charge is -2.19. The molecule has 0 saturated carbocycles. The Morgan fingerprint density at radius 2 is 2.00 bits per heavy atom. The molecule has 7 heteroatoms. The lowest BCUT2D eigenvalue weighted by Crippen LogP contribution is -2.34. The zero-order valence-corrected chi connectivity index (χ0v) is 13.3. The third kappa shape index (κ3) is 3.28. The summed E-state index contributed by atoms with van der Waals surface area (Å²) in [5.74, 6) is 0.526. The Labute approximate surface area is 134 Å². The van der Waals surface area contributed by atoms with Gasteiger partial charge in [-0.3, -0.25) is 9.78 Å². The molecular formula is C16H19N5O2. The zero-order chi connectivity index (χ0) is 16.2. The van der Waals surface area contributed by atoms with Crippen LogP contribution in [0.3, 0.4) is 0 Å². The number of rotatable bonds is 3. The summed E-state index contributed by atoms with van der Waals surface area (Å²) in [6.45, 7) is 5.53. The predicted molar refractivity (Wildman–Crippen MR) is 83.3 cm³/mol. The highest BCUT2D eigenvalue weighted by Crippen LogP contribution is 2.22. The van der Waals surface area contributed by atoms with E-state index in [1.807, 2.05) is 13.8 Å². The van der Waals surface area contributed by atoms with E-state index in [1.54, 1.807) is 11.1 Å². The van der Waals surface area contributed by atoms with Gasteiger partial charge in [0.15, 0.2) is 0 Å². The number of ether oxygens (including phenoxy) is 1. The molecule has 1 aliphatic rings. The van der Waals surface area contributed by atoms with Crippen molar-refractivity contribution in [2.24, 2.45) is 0 Å². The monoisotopic (exact) mass is 313 g/mol. The summed E-state index contributed by atoms with van der Waals surface area (Å²) in [6.07, 6.45) is 6.02. The van der Waals surface area contributed by atoms with Crippen molar-refractivity contribution in [1.29, 1.82) is 0 Å². The van der Waals surface area contributed by atoms with Gasteiger partial charge in [0.1, 0.15) is 12.0 Å². The molecule has 1 aliphatic heterocycles. The average molecular weight is 313 g/mol. The van der Waals surface area contributed by atoms with E-state index >= 15 is 0 Å². The molecular weight excluding hydrogens is 294 g/mol. The first kappa shape index (κ1) is 15.3. The second-order valence-electron chi connectivity index (χ2n) is 5.37. The molecule has 120 valence electrons. The number of nitrogens with zero attached hydrogens (tertiary/aromatic N) is 5. The first-order chi connectivity index (χ1) is 11.2. The van der Waals surface area contributed by atoms with Gasteiger partial charge in [-0.1, -0.05) is 0 Å². The van der Waals surface area contributed by atoms with Crippen LogP contribution in [-0.2, 0) is 12.8 Å². The van der Waals surface area contributed by atoms with Gasteiger partial charge in [-0.15, -0.1) is 0 Å². The zero-order valence-electron chi connectivity index (χ0n) is 13.3. The van der Waals surface area contributed by atoms with Gasteiger partial charge in [-0.2, -0.15) is 0 Å². The van der Waals surface area contributed by atoms with Crippen LogP contribution >= 0.6 is 0 Å². The molecule has 2 aromatic rings. The van der Waals surface area contributed by atoms with Gasteiger partial charge >= 0.3 is 0 Å². The molecule has 0 radical (unpaired) electrons. The molecule has 2 aromatic heterocycles. The Morgan fingerprint density at radius 1 is 1.17 bits per heavy atom. The van der Waals surface area contributed by atoms with Crippen LogP contribution in [0.5, 0.6) is 5.88 Å². The molecule has 0 atom stereocenters. The summed E-state index contributed by atoms with van der Waals surface area (Å²) in [6, 6.07) is 0. The summed E-state index contributed by atoms with van der Waals surface area (Å²) in [5, 5.41) is 0. The van der Waals surface area contributed by atoms with E-state index in [-0.39, 0.29) is 5.91 Å². The number of carbonyl (C=O) groups is 1. The normalized spacial score (nSPS) is 14.1. The van der Waals surface area contributed by atoms with Crippen LogP contribution in [0.2, 0.25) is 0 Å². The topological polar surface area (TPSA) is 81.1 Å². The first-order valence-electron chi connectivity index (χ1n) is 7.72. The second kappa shape index (κ2) is 6.68. The molecule has 0 bridgehead atoms. The molecule has 3 heterocycles. The van der Waals surface area contributed by atoms with E-state index in [0.29, 0.717) is 44.1 Å². The maximum atomic E-state index is 12.6. The molecule has 3 rings (SSSR count). The Balaban J connectivity index is 1.78. The fourth-order valence-corrected chi connectivity index (χ4v) is 2.63. The van der Waals surface area contributed by atoms with E-state index in [2.05, 4.69) is 19.9 Å². The molecule has 0 fully saturated rings. The first-order valence-corrected chi connectivity index (χ1v) is 7.72. The third-order valence-electron chi connectivity index (χ3n) is 3.81. The lowest BCUT2D eigenvalue weighted by atomic mass is 10.1. The van der Waals surface area contributed by atoms with E-state index < -0.39 is 0 Å². The van der Waals surface area contributed by atoms with Gasteiger partial charge < -0.3 is 9.64 Å². The number of hydrogen-bond donors (Lipinski definition) is 0. The van der Waals surface area contributed by atoms with E-state index in [1.165, 1.54) is 12.5 Å². The molecule has 23 heavy (non-hydrogen) atoms. The minimum Gasteiger partial charge on any atom is -0.478 e. The van der Waals surface area contributed by atoms with Crippen molar-refractivity contribution in [1.82, 2.24) is 24.8 Å². The molecule has 0 saturated heterocycles. The van der Waals surface area contributed by atoms with Crippen molar-refractivity contribution < 1.29 is 9.53 Å². The fourth-order valence-electron chi connectivity index (χ4n) is 2.63. The van der Waals surface area contributed by atoms with Crippen molar-refractivity contribution in [2.75, 3.05) is 19.7 Å². The standard InChI is InChI=1S/C16H19N5O2/c1-3-23-15-12-4-6-21(7-5-13(12)19-10-20-15)16(22)14-9-17-11(2)8-18-14/h8-10H,3-7H2,1-2H3. The van der Waals surface area contributed by atoms with Crippen LogP contribution in [-0.4, -0.2) is 50.4 Å². The van der Waals surface area contributed by atoms with Crippen LogP contribution in [0, 0.1) is 6.92 Å². The molecule has 1 amide bonds.